The number of aromatic nitrogens is 2. The number of carbonyl (C=O) groups is 1. The van der Waals surface area contributed by atoms with Crippen molar-refractivity contribution in [2.45, 2.75) is 13.8 Å². The number of nitrogens with zero attached hydrogens (tertiary/aromatic N) is 1. The van der Waals surface area contributed by atoms with Gasteiger partial charge in [0, 0.05) is 22.7 Å². The molecule has 0 unspecified atom stereocenters. The molecule has 0 saturated heterocycles. The molecule has 102 valence electrons. The third-order valence-electron chi connectivity index (χ3n) is 3.43. The molecule has 3 N–H and O–H groups in total. The Hall–Kier alpha value is -2.76. The first kappa shape index (κ1) is 12.3. The number of aromatic amines is 1. The number of fused-ring (bicyclic) bond motifs is 1. The minimum absolute atomic E-state index is 0.0532. The number of aromatic hydroxyl groups is 1. The standard InChI is InChI=1S/C14H12N2O4/c1-6-7(2)15-9-4-3-8(13(17)12(6)9)11-5-10(14(18)19)16-20-11/h3-5,15,17H,1-2H3,(H,18,19). The van der Waals surface area contributed by atoms with E-state index in [1.807, 2.05) is 19.9 Å². The van der Waals surface area contributed by atoms with Crippen LogP contribution < -0.4 is 0 Å². The summed E-state index contributed by atoms with van der Waals surface area (Å²) in [6.07, 6.45) is 0. The number of carboxylic acid groups (broad SMARTS) is 1. The van der Waals surface area contributed by atoms with Gasteiger partial charge in [-0.15, -0.1) is 0 Å². The maximum Gasteiger partial charge on any atom is 0.358 e. The van der Waals surface area contributed by atoms with E-state index in [2.05, 4.69) is 10.1 Å². The first-order chi connectivity index (χ1) is 9.49. The first-order valence-electron chi connectivity index (χ1n) is 6.00. The highest BCUT2D eigenvalue weighted by molar-refractivity contribution is 5.96. The Balaban J connectivity index is 2.23. The average Bonchev–Trinajstić information content (AvgIpc) is 2.97. The summed E-state index contributed by atoms with van der Waals surface area (Å²) in [5.74, 6) is -0.897. The van der Waals surface area contributed by atoms with Gasteiger partial charge in [0.15, 0.2) is 11.5 Å². The topological polar surface area (TPSA) is 99.4 Å². The second-order valence-corrected chi connectivity index (χ2v) is 4.64. The van der Waals surface area contributed by atoms with Crippen molar-refractivity contribution < 1.29 is 19.5 Å². The second kappa shape index (κ2) is 4.12. The van der Waals surface area contributed by atoms with E-state index in [4.69, 9.17) is 9.63 Å². The van der Waals surface area contributed by atoms with Gasteiger partial charge in [-0.3, -0.25) is 0 Å². The Kier molecular flexibility index (Phi) is 2.53. The summed E-state index contributed by atoms with van der Waals surface area (Å²) in [5, 5.41) is 23.4. The van der Waals surface area contributed by atoms with Crippen molar-refractivity contribution >= 4 is 16.9 Å². The molecule has 0 spiro atoms. The van der Waals surface area contributed by atoms with Gasteiger partial charge in [-0.2, -0.15) is 0 Å². The number of hydrogen-bond acceptors (Lipinski definition) is 4. The predicted molar refractivity (Wildman–Crippen MR) is 71.9 cm³/mol. The molecule has 0 amide bonds. The molecule has 3 aromatic rings. The summed E-state index contributed by atoms with van der Waals surface area (Å²) < 4.78 is 4.99. The van der Waals surface area contributed by atoms with E-state index in [9.17, 15) is 9.90 Å². The number of aryl methyl sites for hydroxylation is 2. The number of hydrogen-bond donors (Lipinski definition) is 3. The van der Waals surface area contributed by atoms with Crippen molar-refractivity contribution in [1.29, 1.82) is 0 Å². The molecule has 1 aromatic carbocycles. The van der Waals surface area contributed by atoms with Gasteiger partial charge in [0.1, 0.15) is 5.75 Å². The van der Waals surface area contributed by atoms with Gasteiger partial charge >= 0.3 is 5.97 Å². The summed E-state index contributed by atoms with van der Waals surface area (Å²) in [6, 6.07) is 4.77. The van der Waals surface area contributed by atoms with E-state index in [1.165, 1.54) is 6.07 Å². The van der Waals surface area contributed by atoms with Crippen LogP contribution in [-0.2, 0) is 0 Å². The van der Waals surface area contributed by atoms with Crippen LogP contribution in [0.1, 0.15) is 21.7 Å². The molecule has 0 saturated carbocycles. The van der Waals surface area contributed by atoms with Gasteiger partial charge in [0.25, 0.3) is 0 Å². The van der Waals surface area contributed by atoms with Gasteiger partial charge in [-0.25, -0.2) is 4.79 Å². The molecule has 0 fully saturated rings. The van der Waals surface area contributed by atoms with Crippen molar-refractivity contribution in [2.24, 2.45) is 0 Å². The summed E-state index contributed by atoms with van der Waals surface area (Å²) in [4.78, 5) is 14.0. The fraction of sp³-hybridized carbons (Fsp3) is 0.143. The number of rotatable bonds is 2. The minimum Gasteiger partial charge on any atom is -0.506 e. The average molecular weight is 272 g/mol. The smallest absolute Gasteiger partial charge is 0.358 e. The molecule has 0 atom stereocenters. The number of carboxylic acids is 1. The third-order valence-corrected chi connectivity index (χ3v) is 3.43. The van der Waals surface area contributed by atoms with Gasteiger partial charge in [0.05, 0.1) is 5.56 Å². The zero-order chi connectivity index (χ0) is 14.4. The van der Waals surface area contributed by atoms with Crippen molar-refractivity contribution in [3.8, 4) is 17.1 Å². The van der Waals surface area contributed by atoms with Crippen LogP contribution in [0.2, 0.25) is 0 Å². The molecule has 6 heteroatoms. The fourth-order valence-electron chi connectivity index (χ4n) is 2.26. The van der Waals surface area contributed by atoms with Crippen molar-refractivity contribution in [3.63, 3.8) is 0 Å². The van der Waals surface area contributed by atoms with Crippen molar-refractivity contribution in [2.75, 3.05) is 0 Å². The summed E-state index contributed by atoms with van der Waals surface area (Å²) >= 11 is 0. The van der Waals surface area contributed by atoms with E-state index < -0.39 is 5.97 Å². The van der Waals surface area contributed by atoms with Crippen molar-refractivity contribution in [3.05, 3.63) is 35.2 Å². The van der Waals surface area contributed by atoms with Gasteiger partial charge < -0.3 is 19.7 Å². The zero-order valence-electron chi connectivity index (χ0n) is 10.9. The monoisotopic (exact) mass is 272 g/mol. The SMILES string of the molecule is Cc1[nH]c2ccc(-c3cc(C(=O)O)no3)c(O)c2c1C. The molecule has 0 radical (unpaired) electrons. The van der Waals surface area contributed by atoms with E-state index in [0.717, 1.165) is 16.8 Å². The van der Waals surface area contributed by atoms with Crippen LogP contribution in [0.15, 0.2) is 22.7 Å². The molecule has 0 aliphatic heterocycles. The number of nitrogens with one attached hydrogen (secondary N) is 1. The van der Waals surface area contributed by atoms with E-state index >= 15 is 0 Å². The van der Waals surface area contributed by atoms with E-state index in [1.54, 1.807) is 6.07 Å². The normalized spacial score (nSPS) is 11.1. The molecular formula is C14H12N2O4. The molecule has 0 bridgehead atoms. The Bertz CT molecular complexity index is 829. The van der Waals surface area contributed by atoms with Gasteiger partial charge in [0.2, 0.25) is 0 Å². The molecule has 2 heterocycles. The maximum absolute atomic E-state index is 10.8. The lowest BCUT2D eigenvalue weighted by Gasteiger charge is -2.02. The molecule has 0 aliphatic carbocycles. The zero-order valence-corrected chi connectivity index (χ0v) is 10.9. The molecule has 0 aliphatic rings. The molecule has 2 aromatic heterocycles. The van der Waals surface area contributed by atoms with Gasteiger partial charge in [-0.1, -0.05) is 5.16 Å². The molecular weight excluding hydrogens is 260 g/mol. The van der Waals surface area contributed by atoms with Gasteiger partial charge in [-0.05, 0) is 31.5 Å². The van der Waals surface area contributed by atoms with Crippen LogP contribution in [-0.4, -0.2) is 26.3 Å². The van der Waals surface area contributed by atoms with E-state index in [-0.39, 0.29) is 17.2 Å². The molecule has 3 rings (SSSR count). The number of benzene rings is 1. The highest BCUT2D eigenvalue weighted by Gasteiger charge is 2.18. The van der Waals surface area contributed by atoms with Crippen LogP contribution in [0.25, 0.3) is 22.2 Å². The lowest BCUT2D eigenvalue weighted by molar-refractivity contribution is 0.0686. The maximum atomic E-state index is 10.8. The lowest BCUT2D eigenvalue weighted by atomic mass is 10.1. The Morgan fingerprint density at radius 3 is 2.75 bits per heavy atom. The number of phenolic OH excluding ortho intramolecular Hbond substituents is 1. The summed E-state index contributed by atoms with van der Waals surface area (Å²) in [6.45, 7) is 3.83. The minimum atomic E-state index is -1.17. The van der Waals surface area contributed by atoms with Crippen LogP contribution in [0.5, 0.6) is 5.75 Å². The number of aromatic carboxylic acids is 1. The van der Waals surface area contributed by atoms with Crippen LogP contribution >= 0.6 is 0 Å². The predicted octanol–water partition coefficient (Wildman–Crippen LogP) is 2.84. The summed E-state index contributed by atoms with van der Waals surface area (Å²) in [5.41, 5.74) is 2.95. The Labute approximate surface area is 113 Å². The largest absolute Gasteiger partial charge is 0.506 e. The highest BCUT2D eigenvalue weighted by atomic mass is 16.5. The molecule has 20 heavy (non-hydrogen) atoms. The second-order valence-electron chi connectivity index (χ2n) is 4.64. The first-order valence-corrected chi connectivity index (χ1v) is 6.00. The Morgan fingerprint density at radius 1 is 1.35 bits per heavy atom. The number of H-pyrrole nitrogens is 1. The summed E-state index contributed by atoms with van der Waals surface area (Å²) in [7, 11) is 0. The van der Waals surface area contributed by atoms with E-state index in [0.29, 0.717) is 10.9 Å². The van der Waals surface area contributed by atoms with Crippen LogP contribution in [0, 0.1) is 13.8 Å². The fourth-order valence-corrected chi connectivity index (χ4v) is 2.26. The van der Waals surface area contributed by atoms with Crippen LogP contribution in [0.3, 0.4) is 0 Å². The highest BCUT2D eigenvalue weighted by Crippen LogP contribution is 2.38. The quantitative estimate of drug-likeness (QED) is 0.666. The number of phenols is 1. The lowest BCUT2D eigenvalue weighted by Crippen LogP contribution is -1.94. The third kappa shape index (κ3) is 1.65. The Morgan fingerprint density at radius 2 is 2.10 bits per heavy atom. The van der Waals surface area contributed by atoms with Crippen LogP contribution in [0.4, 0.5) is 0 Å². The molecule has 6 nitrogen and oxygen atoms in total. The van der Waals surface area contributed by atoms with Crippen molar-refractivity contribution in [1.82, 2.24) is 10.1 Å².